The Bertz CT molecular complexity index is 567. The summed E-state index contributed by atoms with van der Waals surface area (Å²) < 4.78 is 0. The van der Waals surface area contributed by atoms with Crippen molar-refractivity contribution in [1.82, 2.24) is 4.90 Å². The van der Waals surface area contributed by atoms with Crippen LogP contribution in [0.15, 0.2) is 42.5 Å². The van der Waals surface area contributed by atoms with Gasteiger partial charge in [-0.15, -0.1) is 0 Å². The second kappa shape index (κ2) is 6.98. The van der Waals surface area contributed by atoms with Gasteiger partial charge in [0, 0.05) is 18.8 Å². The molecule has 4 heteroatoms. The van der Waals surface area contributed by atoms with E-state index in [0.717, 1.165) is 30.9 Å². The van der Waals surface area contributed by atoms with E-state index in [1.165, 1.54) is 5.56 Å². The van der Waals surface area contributed by atoms with Crippen LogP contribution in [0, 0.1) is 0 Å². The molecule has 2 N–H and O–H groups in total. The summed E-state index contributed by atoms with van der Waals surface area (Å²) in [5, 5.41) is 1.20. The van der Waals surface area contributed by atoms with Crippen LogP contribution in [0.4, 0.5) is 5.69 Å². The molecule has 0 spiro atoms. The Morgan fingerprint density at radius 1 is 0.900 bits per heavy atom. The van der Waals surface area contributed by atoms with Crippen LogP contribution in [-0.2, 0) is 13.1 Å². The second-order valence-electron chi connectivity index (χ2n) is 4.79. The number of rotatable bonds is 5. The van der Waals surface area contributed by atoms with Crippen LogP contribution < -0.4 is 5.73 Å². The molecular weight excluding hydrogens is 291 g/mol. The molecule has 2 aromatic rings. The van der Waals surface area contributed by atoms with Gasteiger partial charge in [0.05, 0.1) is 10.0 Å². The van der Waals surface area contributed by atoms with E-state index in [1.807, 2.05) is 30.3 Å². The van der Waals surface area contributed by atoms with Gasteiger partial charge in [-0.05, 0) is 41.9 Å². The van der Waals surface area contributed by atoms with E-state index in [-0.39, 0.29) is 0 Å². The van der Waals surface area contributed by atoms with Crippen LogP contribution in [0.3, 0.4) is 0 Å². The smallest absolute Gasteiger partial charge is 0.0595 e. The van der Waals surface area contributed by atoms with Crippen molar-refractivity contribution in [3.63, 3.8) is 0 Å². The van der Waals surface area contributed by atoms with Crippen molar-refractivity contribution in [3.8, 4) is 0 Å². The maximum absolute atomic E-state index is 6.05. The molecule has 0 radical (unpaired) electrons. The number of hydrogen-bond donors (Lipinski definition) is 1. The summed E-state index contributed by atoms with van der Waals surface area (Å²) in [6.45, 7) is 4.84. The van der Waals surface area contributed by atoms with E-state index >= 15 is 0 Å². The number of benzene rings is 2. The molecule has 0 aliphatic carbocycles. The van der Waals surface area contributed by atoms with Crippen LogP contribution in [0.5, 0.6) is 0 Å². The molecule has 0 aromatic heterocycles. The summed E-state index contributed by atoms with van der Waals surface area (Å²) >= 11 is 12.0. The van der Waals surface area contributed by atoms with E-state index in [4.69, 9.17) is 28.9 Å². The third kappa shape index (κ3) is 4.14. The van der Waals surface area contributed by atoms with E-state index in [0.29, 0.717) is 10.0 Å². The lowest BCUT2D eigenvalue weighted by Gasteiger charge is -2.21. The minimum Gasteiger partial charge on any atom is -0.399 e. The minimum atomic E-state index is 0.594. The Morgan fingerprint density at radius 2 is 1.50 bits per heavy atom. The zero-order valence-corrected chi connectivity index (χ0v) is 13.0. The van der Waals surface area contributed by atoms with Gasteiger partial charge in [-0.3, -0.25) is 4.90 Å². The number of nitrogens with two attached hydrogens (primary N) is 1. The van der Waals surface area contributed by atoms with E-state index in [2.05, 4.69) is 24.0 Å². The Labute approximate surface area is 130 Å². The lowest BCUT2D eigenvalue weighted by molar-refractivity contribution is 0.271. The molecule has 0 heterocycles. The predicted molar refractivity (Wildman–Crippen MR) is 87.1 cm³/mol. The van der Waals surface area contributed by atoms with Crippen molar-refractivity contribution in [2.75, 3.05) is 12.3 Å². The fraction of sp³-hybridized carbons (Fsp3) is 0.250. The molecule has 0 atom stereocenters. The Morgan fingerprint density at radius 3 is 2.10 bits per heavy atom. The number of anilines is 1. The number of nitrogen functional groups attached to an aromatic ring is 1. The van der Waals surface area contributed by atoms with Crippen LogP contribution in [0.25, 0.3) is 0 Å². The largest absolute Gasteiger partial charge is 0.399 e. The summed E-state index contributed by atoms with van der Waals surface area (Å²) in [4.78, 5) is 2.34. The Balaban J connectivity index is 2.04. The van der Waals surface area contributed by atoms with Crippen molar-refractivity contribution in [3.05, 3.63) is 63.6 Å². The van der Waals surface area contributed by atoms with Crippen molar-refractivity contribution in [2.45, 2.75) is 20.0 Å². The molecule has 0 amide bonds. The first kappa shape index (κ1) is 15.2. The summed E-state index contributed by atoms with van der Waals surface area (Å²) in [6.07, 6.45) is 0. The van der Waals surface area contributed by atoms with Crippen molar-refractivity contribution in [2.24, 2.45) is 0 Å². The average Bonchev–Trinajstić information content (AvgIpc) is 2.44. The third-order valence-corrected chi connectivity index (χ3v) is 3.96. The van der Waals surface area contributed by atoms with Gasteiger partial charge < -0.3 is 5.73 Å². The van der Waals surface area contributed by atoms with E-state index in [9.17, 15) is 0 Å². The molecule has 2 nitrogen and oxygen atoms in total. The number of halogens is 2. The van der Waals surface area contributed by atoms with Gasteiger partial charge in [-0.1, -0.05) is 48.3 Å². The molecule has 0 fully saturated rings. The van der Waals surface area contributed by atoms with Crippen molar-refractivity contribution >= 4 is 28.9 Å². The topological polar surface area (TPSA) is 29.3 Å². The van der Waals surface area contributed by atoms with E-state index in [1.54, 1.807) is 0 Å². The fourth-order valence-electron chi connectivity index (χ4n) is 2.06. The molecule has 0 aliphatic rings. The molecule has 0 saturated heterocycles. The molecule has 0 bridgehead atoms. The van der Waals surface area contributed by atoms with Crippen molar-refractivity contribution < 1.29 is 0 Å². The third-order valence-electron chi connectivity index (χ3n) is 3.22. The first-order chi connectivity index (χ1) is 9.58. The Hall–Kier alpha value is -1.22. The highest BCUT2D eigenvalue weighted by Crippen LogP contribution is 2.23. The van der Waals surface area contributed by atoms with Crippen LogP contribution >= 0.6 is 23.2 Å². The van der Waals surface area contributed by atoms with Gasteiger partial charge in [0.1, 0.15) is 0 Å². The maximum atomic E-state index is 6.05. The zero-order valence-electron chi connectivity index (χ0n) is 11.4. The van der Waals surface area contributed by atoms with Gasteiger partial charge >= 0.3 is 0 Å². The standard InChI is InChI=1S/C16H18Cl2N2/c1-2-20(10-12-3-6-14(19)7-4-12)11-13-5-8-15(17)16(18)9-13/h3-9H,2,10-11,19H2,1H3. The monoisotopic (exact) mass is 308 g/mol. The highest BCUT2D eigenvalue weighted by molar-refractivity contribution is 6.42. The fourth-order valence-corrected chi connectivity index (χ4v) is 2.38. The lowest BCUT2D eigenvalue weighted by atomic mass is 10.1. The molecule has 106 valence electrons. The van der Waals surface area contributed by atoms with Gasteiger partial charge in [-0.25, -0.2) is 0 Å². The molecule has 20 heavy (non-hydrogen) atoms. The van der Waals surface area contributed by atoms with Gasteiger partial charge in [-0.2, -0.15) is 0 Å². The Kier molecular flexibility index (Phi) is 5.30. The highest BCUT2D eigenvalue weighted by atomic mass is 35.5. The number of hydrogen-bond acceptors (Lipinski definition) is 2. The van der Waals surface area contributed by atoms with Crippen LogP contribution in [0.2, 0.25) is 10.0 Å². The highest BCUT2D eigenvalue weighted by Gasteiger charge is 2.07. The molecule has 2 rings (SSSR count). The van der Waals surface area contributed by atoms with Gasteiger partial charge in [0.15, 0.2) is 0 Å². The predicted octanol–water partition coefficient (Wildman–Crippen LogP) is 4.60. The number of nitrogens with zero attached hydrogens (tertiary/aromatic N) is 1. The van der Waals surface area contributed by atoms with Crippen LogP contribution in [0.1, 0.15) is 18.1 Å². The van der Waals surface area contributed by atoms with Gasteiger partial charge in [0.2, 0.25) is 0 Å². The molecule has 0 unspecified atom stereocenters. The molecule has 0 saturated carbocycles. The van der Waals surface area contributed by atoms with Crippen molar-refractivity contribution in [1.29, 1.82) is 0 Å². The SMILES string of the molecule is CCN(Cc1ccc(N)cc1)Cc1ccc(Cl)c(Cl)c1. The summed E-state index contributed by atoms with van der Waals surface area (Å²) in [6, 6.07) is 13.8. The zero-order chi connectivity index (χ0) is 14.5. The van der Waals surface area contributed by atoms with Gasteiger partial charge in [0.25, 0.3) is 0 Å². The summed E-state index contributed by atoms with van der Waals surface area (Å²) in [7, 11) is 0. The quantitative estimate of drug-likeness (QED) is 0.818. The second-order valence-corrected chi connectivity index (χ2v) is 5.61. The maximum Gasteiger partial charge on any atom is 0.0595 e. The average molecular weight is 309 g/mol. The van der Waals surface area contributed by atoms with Crippen LogP contribution in [-0.4, -0.2) is 11.4 Å². The summed E-state index contributed by atoms with van der Waals surface area (Å²) in [5.74, 6) is 0. The normalized spacial score (nSPS) is 11.0. The van der Waals surface area contributed by atoms with E-state index < -0.39 is 0 Å². The minimum absolute atomic E-state index is 0.594. The first-order valence-corrected chi connectivity index (χ1v) is 7.34. The summed E-state index contributed by atoms with van der Waals surface area (Å²) in [5.41, 5.74) is 8.91. The first-order valence-electron chi connectivity index (χ1n) is 6.59. The molecule has 2 aromatic carbocycles. The molecular formula is C16H18Cl2N2. The molecule has 0 aliphatic heterocycles. The lowest BCUT2D eigenvalue weighted by Crippen LogP contribution is -2.22.